The molecule has 5 nitrogen and oxygen atoms in total. The molecule has 1 aromatic carbocycles. The maximum atomic E-state index is 11.4. The number of hydrogen-bond acceptors (Lipinski definition) is 4. The van der Waals surface area contributed by atoms with Crippen LogP contribution in [0.5, 0.6) is 11.5 Å². The summed E-state index contributed by atoms with van der Waals surface area (Å²) in [5, 5.41) is 10.8. The van der Waals surface area contributed by atoms with Gasteiger partial charge in [0.05, 0.1) is 6.07 Å². The van der Waals surface area contributed by atoms with Gasteiger partial charge in [-0.05, 0) is 18.2 Å². The predicted octanol–water partition coefficient (Wildman–Crippen LogP) is 0.669. The molecule has 0 saturated heterocycles. The van der Waals surface area contributed by atoms with Crippen molar-refractivity contribution in [3.8, 4) is 17.6 Å². The Labute approximate surface area is 86.2 Å². The van der Waals surface area contributed by atoms with E-state index >= 15 is 0 Å². The van der Waals surface area contributed by atoms with Gasteiger partial charge >= 0.3 is 0 Å². The fourth-order valence-electron chi connectivity index (χ4n) is 1.26. The fraction of sp³-hybridized carbons (Fsp3) is 0.200. The van der Waals surface area contributed by atoms with Crippen LogP contribution in [-0.4, -0.2) is 19.2 Å². The summed E-state index contributed by atoms with van der Waals surface area (Å²) in [6, 6.07) is 6.72. The molecule has 0 aliphatic carbocycles. The van der Waals surface area contributed by atoms with Gasteiger partial charge in [-0.3, -0.25) is 4.79 Å². The van der Waals surface area contributed by atoms with E-state index < -0.39 is 0 Å². The molecule has 0 spiro atoms. The summed E-state index contributed by atoms with van der Waals surface area (Å²) in [7, 11) is 0. The molecule has 0 saturated carbocycles. The van der Waals surface area contributed by atoms with Crippen molar-refractivity contribution in [3.63, 3.8) is 0 Å². The molecule has 15 heavy (non-hydrogen) atoms. The van der Waals surface area contributed by atoms with E-state index in [2.05, 4.69) is 5.32 Å². The number of hydrogen-bond donors (Lipinski definition) is 1. The van der Waals surface area contributed by atoms with Gasteiger partial charge in [0.1, 0.15) is 6.54 Å². The van der Waals surface area contributed by atoms with Gasteiger partial charge in [-0.25, -0.2) is 0 Å². The second-order valence-electron chi connectivity index (χ2n) is 2.91. The first-order valence-electron chi connectivity index (χ1n) is 4.36. The SMILES string of the molecule is N#CCNC(=O)c1ccc2c(c1)OCO2. The number of rotatable bonds is 2. The van der Waals surface area contributed by atoms with Crippen LogP contribution in [0.1, 0.15) is 10.4 Å². The Kier molecular flexibility index (Phi) is 2.42. The average molecular weight is 204 g/mol. The molecule has 2 rings (SSSR count). The molecule has 0 atom stereocenters. The van der Waals surface area contributed by atoms with Crippen LogP contribution in [0.3, 0.4) is 0 Å². The molecule has 1 aliphatic heterocycles. The Morgan fingerprint density at radius 3 is 3.07 bits per heavy atom. The van der Waals surface area contributed by atoms with Crippen molar-refractivity contribution in [3.05, 3.63) is 23.8 Å². The number of nitrogens with one attached hydrogen (secondary N) is 1. The Morgan fingerprint density at radius 2 is 2.27 bits per heavy atom. The van der Waals surface area contributed by atoms with Crippen LogP contribution in [0.15, 0.2) is 18.2 Å². The maximum absolute atomic E-state index is 11.4. The van der Waals surface area contributed by atoms with Crippen molar-refractivity contribution in [2.75, 3.05) is 13.3 Å². The van der Waals surface area contributed by atoms with Crippen molar-refractivity contribution in [1.29, 1.82) is 5.26 Å². The molecule has 0 fully saturated rings. The summed E-state index contributed by atoms with van der Waals surface area (Å²) in [6.07, 6.45) is 0. The molecule has 0 aromatic heterocycles. The highest BCUT2D eigenvalue weighted by atomic mass is 16.7. The lowest BCUT2D eigenvalue weighted by Crippen LogP contribution is -2.23. The zero-order valence-electron chi connectivity index (χ0n) is 7.82. The molecule has 1 aliphatic rings. The normalized spacial score (nSPS) is 11.9. The zero-order valence-corrected chi connectivity index (χ0v) is 7.82. The van der Waals surface area contributed by atoms with Crippen LogP contribution in [0.25, 0.3) is 0 Å². The summed E-state index contributed by atoms with van der Waals surface area (Å²) < 4.78 is 10.2. The molecule has 0 unspecified atom stereocenters. The van der Waals surface area contributed by atoms with E-state index in [1.165, 1.54) is 0 Å². The number of fused-ring (bicyclic) bond motifs is 1. The second kappa shape index (κ2) is 3.88. The second-order valence-corrected chi connectivity index (χ2v) is 2.91. The van der Waals surface area contributed by atoms with Crippen LogP contribution in [0.4, 0.5) is 0 Å². The zero-order chi connectivity index (χ0) is 10.7. The molecule has 1 amide bonds. The molecule has 5 heteroatoms. The van der Waals surface area contributed by atoms with Crippen molar-refractivity contribution in [1.82, 2.24) is 5.32 Å². The van der Waals surface area contributed by atoms with Gasteiger partial charge in [0, 0.05) is 5.56 Å². The highest BCUT2D eigenvalue weighted by molar-refractivity contribution is 5.95. The highest BCUT2D eigenvalue weighted by Crippen LogP contribution is 2.32. The molecule has 0 radical (unpaired) electrons. The molecule has 0 bridgehead atoms. The van der Waals surface area contributed by atoms with Crippen molar-refractivity contribution >= 4 is 5.91 Å². The van der Waals surface area contributed by atoms with E-state index in [0.717, 1.165) is 0 Å². The average Bonchev–Trinajstić information content (AvgIpc) is 2.72. The largest absolute Gasteiger partial charge is 0.454 e. The Bertz CT molecular complexity index is 437. The first-order valence-corrected chi connectivity index (χ1v) is 4.36. The van der Waals surface area contributed by atoms with E-state index in [-0.39, 0.29) is 19.2 Å². The van der Waals surface area contributed by atoms with E-state index in [1.807, 2.05) is 6.07 Å². The monoisotopic (exact) mass is 204 g/mol. The molecule has 1 heterocycles. The topological polar surface area (TPSA) is 71.4 Å². The van der Waals surface area contributed by atoms with Gasteiger partial charge in [0.25, 0.3) is 5.91 Å². The van der Waals surface area contributed by atoms with Crippen molar-refractivity contribution in [2.45, 2.75) is 0 Å². The number of nitriles is 1. The van der Waals surface area contributed by atoms with Crippen molar-refractivity contribution < 1.29 is 14.3 Å². The number of carbonyl (C=O) groups is 1. The number of carbonyl (C=O) groups excluding carboxylic acids is 1. The van der Waals surface area contributed by atoms with Crippen LogP contribution < -0.4 is 14.8 Å². The first kappa shape index (κ1) is 9.34. The minimum absolute atomic E-state index is 0.00667. The lowest BCUT2D eigenvalue weighted by atomic mass is 10.2. The summed E-state index contributed by atoms with van der Waals surface area (Å²) in [6.45, 7) is 0.172. The highest BCUT2D eigenvalue weighted by Gasteiger charge is 2.15. The molecular weight excluding hydrogens is 196 g/mol. The minimum atomic E-state index is -0.296. The van der Waals surface area contributed by atoms with Gasteiger partial charge in [-0.15, -0.1) is 0 Å². The van der Waals surface area contributed by atoms with Gasteiger partial charge in [-0.1, -0.05) is 0 Å². The third kappa shape index (κ3) is 1.83. The van der Waals surface area contributed by atoms with Crippen LogP contribution >= 0.6 is 0 Å². The minimum Gasteiger partial charge on any atom is -0.454 e. The van der Waals surface area contributed by atoms with E-state index in [9.17, 15) is 4.79 Å². The third-order valence-electron chi connectivity index (χ3n) is 1.96. The standard InChI is InChI=1S/C10H8N2O3/c11-3-4-12-10(13)7-1-2-8-9(5-7)15-6-14-8/h1-2,5H,4,6H2,(H,12,13). The summed E-state index contributed by atoms with van der Waals surface area (Å²) in [5.74, 6) is 0.890. The molecular formula is C10H8N2O3. The lowest BCUT2D eigenvalue weighted by molar-refractivity contribution is 0.0958. The van der Waals surface area contributed by atoms with E-state index in [0.29, 0.717) is 17.1 Å². The van der Waals surface area contributed by atoms with Crippen LogP contribution in [-0.2, 0) is 0 Å². The quantitative estimate of drug-likeness (QED) is 0.718. The number of amides is 1. The van der Waals surface area contributed by atoms with Gasteiger partial charge in [-0.2, -0.15) is 5.26 Å². The Morgan fingerprint density at radius 1 is 1.47 bits per heavy atom. The smallest absolute Gasteiger partial charge is 0.252 e. The fourth-order valence-corrected chi connectivity index (χ4v) is 1.26. The molecule has 76 valence electrons. The van der Waals surface area contributed by atoms with Crippen LogP contribution in [0, 0.1) is 11.3 Å². The summed E-state index contributed by atoms with van der Waals surface area (Å²) >= 11 is 0. The molecule has 1 aromatic rings. The van der Waals surface area contributed by atoms with Crippen LogP contribution in [0.2, 0.25) is 0 Å². The number of ether oxygens (including phenoxy) is 2. The van der Waals surface area contributed by atoms with Crippen molar-refractivity contribution in [2.24, 2.45) is 0 Å². The molecule has 1 N–H and O–H groups in total. The predicted molar refractivity (Wildman–Crippen MR) is 50.5 cm³/mol. The third-order valence-corrected chi connectivity index (χ3v) is 1.96. The Hall–Kier alpha value is -2.22. The number of nitrogens with zero attached hydrogens (tertiary/aromatic N) is 1. The van der Waals surface area contributed by atoms with Gasteiger partial charge in [0.2, 0.25) is 6.79 Å². The maximum Gasteiger partial charge on any atom is 0.252 e. The van der Waals surface area contributed by atoms with E-state index in [1.54, 1.807) is 18.2 Å². The Balaban J connectivity index is 2.16. The summed E-state index contributed by atoms with van der Waals surface area (Å²) in [4.78, 5) is 11.4. The van der Waals surface area contributed by atoms with Gasteiger partial charge < -0.3 is 14.8 Å². The number of benzene rings is 1. The lowest BCUT2D eigenvalue weighted by Gasteiger charge is -2.01. The summed E-state index contributed by atoms with van der Waals surface area (Å²) in [5.41, 5.74) is 0.453. The van der Waals surface area contributed by atoms with Gasteiger partial charge in [0.15, 0.2) is 11.5 Å². The first-order chi connectivity index (χ1) is 7.31. The van der Waals surface area contributed by atoms with E-state index in [4.69, 9.17) is 14.7 Å².